The van der Waals surface area contributed by atoms with E-state index in [4.69, 9.17) is 0 Å². The van der Waals surface area contributed by atoms with E-state index < -0.39 is 12.0 Å². The van der Waals surface area contributed by atoms with Crippen molar-refractivity contribution in [3.63, 3.8) is 0 Å². The summed E-state index contributed by atoms with van der Waals surface area (Å²) in [6, 6.07) is 11.1. The largest absolute Gasteiger partial charge is 0.479 e. The Morgan fingerprint density at radius 3 is 2.52 bits per heavy atom. The van der Waals surface area contributed by atoms with Crippen molar-refractivity contribution in [2.45, 2.75) is 38.8 Å². The van der Waals surface area contributed by atoms with Crippen LogP contribution in [-0.4, -0.2) is 21.6 Å². The predicted molar refractivity (Wildman–Crippen MR) is 94.3 cm³/mol. The maximum Gasteiger partial charge on any atom is 0.330 e. The number of unbranched alkanes of at least 4 members (excludes halogenated alkanes) is 1. The van der Waals surface area contributed by atoms with Gasteiger partial charge in [-0.15, -0.1) is 0 Å². The van der Waals surface area contributed by atoms with Gasteiger partial charge in [-0.3, -0.25) is 9.59 Å². The highest BCUT2D eigenvalue weighted by molar-refractivity contribution is 5.84. The molecule has 2 aromatic rings. The first-order chi connectivity index (χ1) is 12.0. The Hall–Kier alpha value is -2.89. The van der Waals surface area contributed by atoms with Crippen molar-refractivity contribution < 1.29 is 14.7 Å². The molecule has 0 aliphatic heterocycles. The molecule has 6 nitrogen and oxygen atoms in total. The lowest BCUT2D eigenvalue weighted by Crippen LogP contribution is -2.33. The van der Waals surface area contributed by atoms with E-state index in [9.17, 15) is 19.5 Å². The fourth-order valence-corrected chi connectivity index (χ4v) is 2.57. The van der Waals surface area contributed by atoms with E-state index in [1.807, 2.05) is 6.07 Å². The number of carboxylic acids is 1. The van der Waals surface area contributed by atoms with Gasteiger partial charge in [0.15, 0.2) is 6.04 Å². The lowest BCUT2D eigenvalue weighted by molar-refractivity contribution is -0.142. The fraction of sp³-hybridized carbons (Fsp3) is 0.316. The molecule has 2 rings (SSSR count). The third kappa shape index (κ3) is 5.31. The van der Waals surface area contributed by atoms with Crippen molar-refractivity contribution >= 4 is 11.9 Å². The molecule has 0 bridgehead atoms. The highest BCUT2D eigenvalue weighted by Crippen LogP contribution is 2.13. The summed E-state index contributed by atoms with van der Waals surface area (Å²) < 4.78 is 1.62. The van der Waals surface area contributed by atoms with Crippen LogP contribution < -0.4 is 10.9 Å². The van der Waals surface area contributed by atoms with E-state index in [2.05, 4.69) is 5.32 Å². The molecule has 1 aromatic carbocycles. The molecule has 25 heavy (non-hydrogen) atoms. The Labute approximate surface area is 146 Å². The third-order valence-corrected chi connectivity index (χ3v) is 3.95. The zero-order valence-electron chi connectivity index (χ0n) is 14.1. The molecule has 0 saturated carbocycles. The molecule has 132 valence electrons. The number of benzene rings is 1. The van der Waals surface area contributed by atoms with Crippen molar-refractivity contribution in [3.8, 4) is 0 Å². The minimum atomic E-state index is -1.09. The van der Waals surface area contributed by atoms with Crippen molar-refractivity contribution in [3.05, 3.63) is 70.1 Å². The maximum atomic E-state index is 12.0. The van der Waals surface area contributed by atoms with Gasteiger partial charge in [-0.2, -0.15) is 0 Å². The monoisotopic (exact) mass is 342 g/mol. The Bertz CT molecular complexity index is 784. The van der Waals surface area contributed by atoms with Crippen LogP contribution in [0, 0.1) is 6.92 Å². The van der Waals surface area contributed by atoms with Gasteiger partial charge in [0, 0.05) is 24.7 Å². The molecule has 6 heteroatoms. The van der Waals surface area contributed by atoms with Crippen LogP contribution in [0.3, 0.4) is 0 Å². The van der Waals surface area contributed by atoms with Crippen LogP contribution in [0.15, 0.2) is 53.5 Å². The van der Waals surface area contributed by atoms with Crippen LogP contribution in [0.1, 0.15) is 36.4 Å². The first-order valence-corrected chi connectivity index (χ1v) is 8.22. The molecule has 0 aliphatic carbocycles. The van der Waals surface area contributed by atoms with Gasteiger partial charge in [0.05, 0.1) is 0 Å². The zero-order chi connectivity index (χ0) is 18.2. The quantitative estimate of drug-likeness (QED) is 0.720. The molecular formula is C19H22N2O4. The summed E-state index contributed by atoms with van der Waals surface area (Å²) in [5.74, 6) is -1.40. The number of carboxylic acid groups (broad SMARTS) is 1. The Kier molecular flexibility index (Phi) is 6.51. The summed E-state index contributed by atoms with van der Waals surface area (Å²) in [6.45, 7) is 2.30. The number of nitrogens with one attached hydrogen (secondary N) is 1. The van der Waals surface area contributed by atoms with Gasteiger partial charge < -0.3 is 15.0 Å². The average Bonchev–Trinajstić information content (AvgIpc) is 2.60. The molecule has 1 aromatic heterocycles. The van der Waals surface area contributed by atoms with Crippen LogP contribution in [0.25, 0.3) is 0 Å². The predicted octanol–water partition coefficient (Wildman–Crippen LogP) is 2.27. The van der Waals surface area contributed by atoms with Gasteiger partial charge in [-0.25, -0.2) is 4.79 Å². The molecule has 1 heterocycles. The summed E-state index contributed by atoms with van der Waals surface area (Å²) in [7, 11) is 0. The van der Waals surface area contributed by atoms with Gasteiger partial charge in [-0.05, 0) is 31.4 Å². The van der Waals surface area contributed by atoms with E-state index in [1.54, 1.807) is 54.1 Å². The number of nitrogens with zero attached hydrogens (tertiary/aromatic N) is 1. The fourth-order valence-electron chi connectivity index (χ4n) is 2.57. The highest BCUT2D eigenvalue weighted by Gasteiger charge is 2.21. The van der Waals surface area contributed by atoms with E-state index in [-0.39, 0.29) is 17.9 Å². The smallest absolute Gasteiger partial charge is 0.330 e. The van der Waals surface area contributed by atoms with Crippen molar-refractivity contribution in [1.29, 1.82) is 0 Å². The molecule has 0 spiro atoms. The number of amides is 1. The maximum absolute atomic E-state index is 12.0. The topological polar surface area (TPSA) is 88.4 Å². The van der Waals surface area contributed by atoms with Gasteiger partial charge >= 0.3 is 5.97 Å². The molecule has 0 radical (unpaired) electrons. The number of aromatic nitrogens is 1. The third-order valence-electron chi connectivity index (χ3n) is 3.95. The Morgan fingerprint density at radius 2 is 1.84 bits per heavy atom. The number of hydrogen-bond donors (Lipinski definition) is 2. The first kappa shape index (κ1) is 18.4. The van der Waals surface area contributed by atoms with E-state index in [1.165, 1.54) is 0 Å². The number of aliphatic carboxylic acids is 1. The second kappa shape index (κ2) is 8.82. The minimum Gasteiger partial charge on any atom is -0.479 e. The number of carbonyl (C=O) groups is 2. The molecule has 0 fully saturated rings. The normalized spacial score (nSPS) is 11.7. The van der Waals surface area contributed by atoms with E-state index >= 15 is 0 Å². The van der Waals surface area contributed by atoms with Crippen molar-refractivity contribution in [2.75, 3.05) is 0 Å². The Morgan fingerprint density at radius 1 is 1.12 bits per heavy atom. The molecule has 1 unspecified atom stereocenters. The number of carbonyl (C=O) groups excluding carboxylic acids is 1. The first-order valence-electron chi connectivity index (χ1n) is 8.22. The second-order valence-corrected chi connectivity index (χ2v) is 5.90. The van der Waals surface area contributed by atoms with Crippen LogP contribution in [0.4, 0.5) is 0 Å². The number of rotatable bonds is 8. The lowest BCUT2D eigenvalue weighted by atomic mass is 10.1. The van der Waals surface area contributed by atoms with Crippen LogP contribution in [0.5, 0.6) is 0 Å². The van der Waals surface area contributed by atoms with Crippen LogP contribution in [0.2, 0.25) is 0 Å². The Balaban J connectivity index is 1.82. The van der Waals surface area contributed by atoms with E-state index in [0.29, 0.717) is 30.5 Å². The van der Waals surface area contributed by atoms with Crippen molar-refractivity contribution in [1.82, 2.24) is 9.88 Å². The van der Waals surface area contributed by atoms with Crippen molar-refractivity contribution in [2.24, 2.45) is 0 Å². The SMILES string of the molecule is Cc1cccn(CCCCC(=O)NC(C(=O)O)c2ccccc2)c1=O. The molecule has 1 amide bonds. The summed E-state index contributed by atoms with van der Waals surface area (Å²) in [6.07, 6.45) is 3.19. The number of hydrogen-bond acceptors (Lipinski definition) is 3. The molecule has 0 saturated heterocycles. The van der Waals surface area contributed by atoms with E-state index in [0.717, 1.165) is 0 Å². The van der Waals surface area contributed by atoms with Crippen LogP contribution in [-0.2, 0) is 16.1 Å². The van der Waals surface area contributed by atoms with Gasteiger partial charge in [0.25, 0.3) is 5.56 Å². The second-order valence-electron chi connectivity index (χ2n) is 5.90. The lowest BCUT2D eigenvalue weighted by Gasteiger charge is -2.15. The molecular weight excluding hydrogens is 320 g/mol. The minimum absolute atomic E-state index is 0.0260. The standard InChI is InChI=1S/C19H22N2O4/c1-14-8-7-13-21(18(14)23)12-6-5-11-16(22)20-17(19(24)25)15-9-3-2-4-10-15/h2-4,7-10,13,17H,5-6,11-12H2,1H3,(H,20,22)(H,24,25). The molecule has 1 atom stereocenters. The average molecular weight is 342 g/mol. The zero-order valence-corrected chi connectivity index (χ0v) is 14.1. The molecule has 0 aliphatic rings. The number of pyridine rings is 1. The summed E-state index contributed by atoms with van der Waals surface area (Å²) in [5, 5.41) is 11.8. The number of aryl methyl sites for hydroxylation is 2. The van der Waals surface area contributed by atoms with Gasteiger partial charge in [0.2, 0.25) is 5.91 Å². The van der Waals surface area contributed by atoms with Gasteiger partial charge in [0.1, 0.15) is 0 Å². The highest BCUT2D eigenvalue weighted by atomic mass is 16.4. The molecule has 2 N–H and O–H groups in total. The van der Waals surface area contributed by atoms with Crippen LogP contribution >= 0.6 is 0 Å². The summed E-state index contributed by atoms with van der Waals surface area (Å²) >= 11 is 0. The van der Waals surface area contributed by atoms with Gasteiger partial charge in [-0.1, -0.05) is 36.4 Å². The summed E-state index contributed by atoms with van der Waals surface area (Å²) in [5.41, 5.74) is 1.20. The summed E-state index contributed by atoms with van der Waals surface area (Å²) in [4.78, 5) is 35.3.